The number of benzene rings is 2. The number of amides is 1. The SMILES string of the molecule is N#Cc1ccc(OCC(=O)Nc2cccc(OC(F)(F)F)c2)cc1. The third-order valence-electron chi connectivity index (χ3n) is 2.70. The van der Waals surface area contributed by atoms with Gasteiger partial charge in [-0.2, -0.15) is 5.26 Å². The molecule has 0 aromatic heterocycles. The van der Waals surface area contributed by atoms with E-state index in [0.717, 1.165) is 12.1 Å². The Balaban J connectivity index is 1.90. The number of carbonyl (C=O) groups is 1. The number of alkyl halides is 3. The summed E-state index contributed by atoms with van der Waals surface area (Å²) >= 11 is 0. The van der Waals surface area contributed by atoms with Crippen LogP contribution in [0.4, 0.5) is 18.9 Å². The maximum atomic E-state index is 12.1. The van der Waals surface area contributed by atoms with Gasteiger partial charge in [0, 0.05) is 11.8 Å². The van der Waals surface area contributed by atoms with E-state index >= 15 is 0 Å². The summed E-state index contributed by atoms with van der Waals surface area (Å²) in [5.74, 6) is -0.602. The topological polar surface area (TPSA) is 71.3 Å². The highest BCUT2D eigenvalue weighted by atomic mass is 19.4. The van der Waals surface area contributed by atoms with Crippen molar-refractivity contribution < 1.29 is 27.4 Å². The number of halogens is 3. The fourth-order valence-electron chi connectivity index (χ4n) is 1.74. The summed E-state index contributed by atoms with van der Waals surface area (Å²) in [5, 5.41) is 11.1. The van der Waals surface area contributed by atoms with Gasteiger partial charge in [0.15, 0.2) is 6.61 Å². The van der Waals surface area contributed by atoms with E-state index < -0.39 is 18.0 Å². The van der Waals surface area contributed by atoms with Crippen LogP contribution in [0.25, 0.3) is 0 Å². The minimum atomic E-state index is -4.80. The monoisotopic (exact) mass is 336 g/mol. The van der Waals surface area contributed by atoms with E-state index in [-0.39, 0.29) is 12.3 Å². The smallest absolute Gasteiger partial charge is 0.484 e. The Hall–Kier alpha value is -3.21. The molecule has 124 valence electrons. The molecule has 24 heavy (non-hydrogen) atoms. The van der Waals surface area contributed by atoms with Crippen molar-refractivity contribution in [3.63, 3.8) is 0 Å². The Labute approximate surface area is 135 Å². The zero-order valence-corrected chi connectivity index (χ0v) is 12.1. The predicted octanol–water partition coefficient (Wildman–Crippen LogP) is 3.47. The number of nitrogens with zero attached hydrogens (tertiary/aromatic N) is 1. The predicted molar refractivity (Wildman–Crippen MR) is 78.4 cm³/mol. The summed E-state index contributed by atoms with van der Waals surface area (Å²) in [6, 6.07) is 13.0. The number of carbonyl (C=O) groups excluding carboxylic acids is 1. The molecule has 1 N–H and O–H groups in total. The number of rotatable bonds is 5. The molecule has 0 aliphatic carbocycles. The van der Waals surface area contributed by atoms with Gasteiger partial charge in [0.2, 0.25) is 0 Å². The number of anilines is 1. The zero-order chi connectivity index (χ0) is 17.6. The highest BCUT2D eigenvalue weighted by Gasteiger charge is 2.31. The zero-order valence-electron chi connectivity index (χ0n) is 12.1. The highest BCUT2D eigenvalue weighted by Crippen LogP contribution is 2.25. The van der Waals surface area contributed by atoms with Crippen LogP contribution in [0.1, 0.15) is 5.56 Å². The van der Waals surface area contributed by atoms with Crippen molar-refractivity contribution >= 4 is 11.6 Å². The van der Waals surface area contributed by atoms with Crippen molar-refractivity contribution in [1.29, 1.82) is 5.26 Å². The van der Waals surface area contributed by atoms with Crippen LogP contribution in [0.15, 0.2) is 48.5 Å². The van der Waals surface area contributed by atoms with Crippen molar-refractivity contribution in [1.82, 2.24) is 0 Å². The minimum absolute atomic E-state index is 0.144. The quantitative estimate of drug-likeness (QED) is 0.907. The summed E-state index contributed by atoms with van der Waals surface area (Å²) in [6.45, 7) is -0.337. The van der Waals surface area contributed by atoms with Crippen LogP contribution in [0, 0.1) is 11.3 Å². The van der Waals surface area contributed by atoms with E-state index in [9.17, 15) is 18.0 Å². The molecule has 0 spiro atoms. The van der Waals surface area contributed by atoms with E-state index in [1.807, 2.05) is 6.07 Å². The molecule has 5 nitrogen and oxygen atoms in total. The maximum absolute atomic E-state index is 12.1. The lowest BCUT2D eigenvalue weighted by atomic mass is 10.2. The Morgan fingerprint density at radius 1 is 1.12 bits per heavy atom. The molecule has 0 radical (unpaired) electrons. The van der Waals surface area contributed by atoms with Crippen molar-refractivity contribution in [2.75, 3.05) is 11.9 Å². The van der Waals surface area contributed by atoms with Crippen molar-refractivity contribution in [2.24, 2.45) is 0 Å². The summed E-state index contributed by atoms with van der Waals surface area (Å²) in [4.78, 5) is 11.8. The second kappa shape index (κ2) is 7.37. The normalized spacial score (nSPS) is 10.6. The Bertz CT molecular complexity index is 752. The van der Waals surface area contributed by atoms with E-state index in [0.29, 0.717) is 11.3 Å². The molecule has 0 fully saturated rings. The lowest BCUT2D eigenvalue weighted by molar-refractivity contribution is -0.274. The van der Waals surface area contributed by atoms with Gasteiger partial charge in [0.05, 0.1) is 11.6 Å². The van der Waals surface area contributed by atoms with Gasteiger partial charge in [0.25, 0.3) is 5.91 Å². The Morgan fingerprint density at radius 3 is 2.46 bits per heavy atom. The molecular formula is C16H11F3N2O3. The molecule has 1 amide bonds. The van der Waals surface area contributed by atoms with E-state index in [2.05, 4.69) is 10.1 Å². The van der Waals surface area contributed by atoms with Gasteiger partial charge in [-0.3, -0.25) is 4.79 Å². The van der Waals surface area contributed by atoms with Gasteiger partial charge in [0.1, 0.15) is 11.5 Å². The van der Waals surface area contributed by atoms with Gasteiger partial charge in [-0.1, -0.05) is 6.07 Å². The molecule has 2 rings (SSSR count). The highest BCUT2D eigenvalue weighted by molar-refractivity contribution is 5.92. The molecular weight excluding hydrogens is 325 g/mol. The largest absolute Gasteiger partial charge is 0.573 e. The lowest BCUT2D eigenvalue weighted by Crippen LogP contribution is -2.20. The average molecular weight is 336 g/mol. The first-order valence-electron chi connectivity index (χ1n) is 6.64. The third kappa shape index (κ3) is 5.53. The second-order valence-corrected chi connectivity index (χ2v) is 4.55. The second-order valence-electron chi connectivity index (χ2n) is 4.55. The summed E-state index contributed by atoms with van der Waals surface area (Å²) in [7, 11) is 0. The minimum Gasteiger partial charge on any atom is -0.484 e. The Morgan fingerprint density at radius 2 is 1.83 bits per heavy atom. The number of hydrogen-bond acceptors (Lipinski definition) is 4. The maximum Gasteiger partial charge on any atom is 0.573 e. The van der Waals surface area contributed by atoms with Crippen LogP contribution in [0.5, 0.6) is 11.5 Å². The summed E-state index contributed by atoms with van der Waals surface area (Å²) < 4.78 is 45.4. The van der Waals surface area contributed by atoms with Crippen LogP contribution in [0.3, 0.4) is 0 Å². The summed E-state index contributed by atoms with van der Waals surface area (Å²) in [5.41, 5.74) is 0.596. The number of ether oxygens (including phenoxy) is 2. The molecule has 2 aromatic rings. The molecule has 0 unspecified atom stereocenters. The van der Waals surface area contributed by atoms with E-state index in [1.165, 1.54) is 36.4 Å². The van der Waals surface area contributed by atoms with Crippen LogP contribution in [-0.2, 0) is 4.79 Å². The molecule has 0 aliphatic heterocycles. The van der Waals surface area contributed by atoms with Gasteiger partial charge < -0.3 is 14.8 Å². The molecule has 8 heteroatoms. The van der Waals surface area contributed by atoms with Crippen molar-refractivity contribution in [3.8, 4) is 17.6 Å². The first-order valence-corrected chi connectivity index (χ1v) is 6.64. The van der Waals surface area contributed by atoms with Crippen LogP contribution >= 0.6 is 0 Å². The Kier molecular flexibility index (Phi) is 5.27. The molecule has 0 saturated heterocycles. The first-order chi connectivity index (χ1) is 11.4. The number of nitriles is 1. The van der Waals surface area contributed by atoms with E-state index in [4.69, 9.17) is 10.00 Å². The molecule has 2 aromatic carbocycles. The lowest BCUT2D eigenvalue weighted by Gasteiger charge is -2.11. The van der Waals surface area contributed by atoms with Gasteiger partial charge in [-0.05, 0) is 36.4 Å². The van der Waals surface area contributed by atoms with Crippen molar-refractivity contribution in [2.45, 2.75) is 6.36 Å². The first kappa shape index (κ1) is 17.1. The number of hydrogen-bond donors (Lipinski definition) is 1. The fourth-order valence-corrected chi connectivity index (χ4v) is 1.74. The van der Waals surface area contributed by atoms with Crippen LogP contribution < -0.4 is 14.8 Å². The van der Waals surface area contributed by atoms with Crippen molar-refractivity contribution in [3.05, 3.63) is 54.1 Å². The standard InChI is InChI=1S/C16H11F3N2O3/c17-16(18,19)24-14-3-1-2-12(8-14)21-15(22)10-23-13-6-4-11(9-20)5-7-13/h1-8H,10H2,(H,21,22). The third-order valence-corrected chi connectivity index (χ3v) is 2.70. The van der Waals surface area contributed by atoms with Crippen LogP contribution in [0.2, 0.25) is 0 Å². The fraction of sp³-hybridized carbons (Fsp3) is 0.125. The summed E-state index contributed by atoms with van der Waals surface area (Å²) in [6.07, 6.45) is -4.80. The van der Waals surface area contributed by atoms with Gasteiger partial charge in [-0.15, -0.1) is 13.2 Å². The average Bonchev–Trinajstić information content (AvgIpc) is 2.52. The molecule has 0 bridgehead atoms. The van der Waals surface area contributed by atoms with E-state index in [1.54, 1.807) is 0 Å². The van der Waals surface area contributed by atoms with Crippen LogP contribution in [-0.4, -0.2) is 18.9 Å². The van der Waals surface area contributed by atoms with Gasteiger partial charge >= 0.3 is 6.36 Å². The number of nitrogens with one attached hydrogen (secondary N) is 1. The van der Waals surface area contributed by atoms with Gasteiger partial charge in [-0.25, -0.2) is 0 Å². The molecule has 0 heterocycles. The molecule has 0 atom stereocenters. The molecule has 0 saturated carbocycles. The molecule has 0 aliphatic rings.